The summed E-state index contributed by atoms with van der Waals surface area (Å²) in [6.07, 6.45) is 6.22. The second kappa shape index (κ2) is 4.31. The van der Waals surface area contributed by atoms with Crippen LogP contribution in [-0.2, 0) is 0 Å². The summed E-state index contributed by atoms with van der Waals surface area (Å²) in [6, 6.07) is 3.12. The molecule has 0 amide bonds. The predicted octanol–water partition coefficient (Wildman–Crippen LogP) is 2.31. The first-order valence-electron chi connectivity index (χ1n) is 5.92. The van der Waals surface area contributed by atoms with Gasteiger partial charge in [-0.3, -0.25) is 0 Å². The van der Waals surface area contributed by atoms with E-state index in [0.717, 1.165) is 24.7 Å². The standard InChI is InChI=1S/C12H20N2/c1-9-6-12(8-14-9)11-4-2-10(7-13)3-5-11/h9-12,14H,2-6,8H2,1H3. The highest BCUT2D eigenvalue weighted by molar-refractivity contribution is 4.91. The van der Waals surface area contributed by atoms with Gasteiger partial charge in [0.05, 0.1) is 6.07 Å². The topological polar surface area (TPSA) is 35.8 Å². The molecule has 1 aliphatic heterocycles. The molecule has 2 nitrogen and oxygen atoms in total. The fourth-order valence-corrected chi connectivity index (χ4v) is 3.05. The van der Waals surface area contributed by atoms with E-state index in [9.17, 15) is 0 Å². The number of rotatable bonds is 1. The molecule has 78 valence electrons. The summed E-state index contributed by atoms with van der Waals surface area (Å²) in [5.74, 6) is 2.15. The first-order chi connectivity index (χ1) is 6.79. The molecule has 14 heavy (non-hydrogen) atoms. The molecular formula is C12H20N2. The van der Waals surface area contributed by atoms with Gasteiger partial charge in [-0.1, -0.05) is 0 Å². The Balaban J connectivity index is 1.81. The summed E-state index contributed by atoms with van der Waals surface area (Å²) < 4.78 is 0. The summed E-state index contributed by atoms with van der Waals surface area (Å²) in [5.41, 5.74) is 0. The number of nitriles is 1. The molecule has 0 aromatic heterocycles. The van der Waals surface area contributed by atoms with Gasteiger partial charge in [-0.15, -0.1) is 0 Å². The van der Waals surface area contributed by atoms with Gasteiger partial charge >= 0.3 is 0 Å². The van der Waals surface area contributed by atoms with Crippen molar-refractivity contribution in [1.82, 2.24) is 5.32 Å². The highest BCUT2D eigenvalue weighted by Crippen LogP contribution is 2.36. The third-order valence-corrected chi connectivity index (χ3v) is 4.01. The molecule has 1 aliphatic carbocycles. The smallest absolute Gasteiger partial charge is 0.0655 e. The Morgan fingerprint density at radius 1 is 1.14 bits per heavy atom. The Bertz CT molecular complexity index is 223. The zero-order valence-electron chi connectivity index (χ0n) is 9.00. The third kappa shape index (κ3) is 2.09. The van der Waals surface area contributed by atoms with Crippen LogP contribution in [0.15, 0.2) is 0 Å². The van der Waals surface area contributed by atoms with Crippen molar-refractivity contribution in [1.29, 1.82) is 5.26 Å². The van der Waals surface area contributed by atoms with E-state index < -0.39 is 0 Å². The van der Waals surface area contributed by atoms with Crippen molar-refractivity contribution in [3.8, 4) is 6.07 Å². The molecule has 2 fully saturated rings. The van der Waals surface area contributed by atoms with Crippen molar-refractivity contribution in [2.24, 2.45) is 17.8 Å². The highest BCUT2D eigenvalue weighted by atomic mass is 14.9. The number of hydrogen-bond donors (Lipinski definition) is 1. The lowest BCUT2D eigenvalue weighted by Gasteiger charge is -2.29. The molecule has 2 rings (SSSR count). The van der Waals surface area contributed by atoms with Crippen LogP contribution in [0.3, 0.4) is 0 Å². The van der Waals surface area contributed by atoms with Crippen molar-refractivity contribution in [3.05, 3.63) is 0 Å². The van der Waals surface area contributed by atoms with Gasteiger partial charge in [0.1, 0.15) is 0 Å². The zero-order valence-corrected chi connectivity index (χ0v) is 9.00. The zero-order chi connectivity index (χ0) is 9.97. The van der Waals surface area contributed by atoms with Crippen LogP contribution in [0.1, 0.15) is 39.0 Å². The Morgan fingerprint density at radius 3 is 2.36 bits per heavy atom. The summed E-state index contributed by atoms with van der Waals surface area (Å²) >= 11 is 0. The normalized spacial score (nSPS) is 43.4. The van der Waals surface area contributed by atoms with Gasteiger partial charge in [-0.2, -0.15) is 5.26 Å². The molecule has 1 N–H and O–H groups in total. The largest absolute Gasteiger partial charge is 0.314 e. The molecule has 1 heterocycles. The van der Waals surface area contributed by atoms with E-state index in [1.807, 2.05) is 0 Å². The van der Waals surface area contributed by atoms with Crippen molar-refractivity contribution >= 4 is 0 Å². The second-order valence-corrected chi connectivity index (χ2v) is 5.05. The van der Waals surface area contributed by atoms with E-state index in [1.165, 1.54) is 25.8 Å². The summed E-state index contributed by atoms with van der Waals surface area (Å²) in [4.78, 5) is 0. The predicted molar refractivity (Wildman–Crippen MR) is 56.6 cm³/mol. The maximum Gasteiger partial charge on any atom is 0.0655 e. The van der Waals surface area contributed by atoms with Gasteiger partial charge in [0, 0.05) is 12.0 Å². The number of nitrogens with one attached hydrogen (secondary N) is 1. The lowest BCUT2D eigenvalue weighted by Crippen LogP contribution is -2.23. The minimum atomic E-state index is 0.359. The van der Waals surface area contributed by atoms with Gasteiger partial charge in [0.25, 0.3) is 0 Å². The monoisotopic (exact) mass is 192 g/mol. The first-order valence-corrected chi connectivity index (χ1v) is 5.92. The van der Waals surface area contributed by atoms with Gasteiger partial charge in [-0.05, 0) is 57.4 Å². The van der Waals surface area contributed by atoms with E-state index in [-0.39, 0.29) is 0 Å². The van der Waals surface area contributed by atoms with Crippen molar-refractivity contribution < 1.29 is 0 Å². The van der Waals surface area contributed by atoms with Crippen LogP contribution in [0.5, 0.6) is 0 Å². The fraction of sp³-hybridized carbons (Fsp3) is 0.917. The number of nitrogens with zero attached hydrogens (tertiary/aromatic N) is 1. The molecule has 1 saturated heterocycles. The summed E-state index contributed by atoms with van der Waals surface area (Å²) in [6.45, 7) is 3.49. The molecule has 0 radical (unpaired) electrons. The maximum absolute atomic E-state index is 8.82. The lowest BCUT2D eigenvalue weighted by atomic mass is 9.75. The molecule has 0 aromatic rings. The van der Waals surface area contributed by atoms with Crippen LogP contribution >= 0.6 is 0 Å². The summed E-state index contributed by atoms with van der Waals surface area (Å²) in [5, 5.41) is 12.3. The van der Waals surface area contributed by atoms with Gasteiger partial charge in [-0.25, -0.2) is 0 Å². The molecule has 2 heteroatoms. The van der Waals surface area contributed by atoms with Crippen LogP contribution in [0.2, 0.25) is 0 Å². The second-order valence-electron chi connectivity index (χ2n) is 5.05. The Labute approximate surface area is 86.7 Å². The van der Waals surface area contributed by atoms with E-state index in [1.54, 1.807) is 0 Å². The quantitative estimate of drug-likeness (QED) is 0.692. The van der Waals surface area contributed by atoms with Gasteiger partial charge < -0.3 is 5.32 Å². The molecular weight excluding hydrogens is 172 g/mol. The average Bonchev–Trinajstić information content (AvgIpc) is 2.65. The SMILES string of the molecule is CC1CC(C2CCC(C#N)CC2)CN1. The van der Waals surface area contributed by atoms with Crippen molar-refractivity contribution in [2.45, 2.75) is 45.1 Å². The van der Waals surface area contributed by atoms with Crippen LogP contribution in [0.4, 0.5) is 0 Å². The Morgan fingerprint density at radius 2 is 1.86 bits per heavy atom. The van der Waals surface area contributed by atoms with Crippen molar-refractivity contribution in [2.75, 3.05) is 6.54 Å². The van der Waals surface area contributed by atoms with E-state index in [4.69, 9.17) is 5.26 Å². The van der Waals surface area contributed by atoms with Crippen LogP contribution in [-0.4, -0.2) is 12.6 Å². The molecule has 1 saturated carbocycles. The van der Waals surface area contributed by atoms with Crippen LogP contribution < -0.4 is 5.32 Å². The molecule has 2 unspecified atom stereocenters. The average molecular weight is 192 g/mol. The summed E-state index contributed by atoms with van der Waals surface area (Å²) in [7, 11) is 0. The third-order valence-electron chi connectivity index (χ3n) is 4.01. The van der Waals surface area contributed by atoms with Crippen LogP contribution in [0.25, 0.3) is 0 Å². The highest BCUT2D eigenvalue weighted by Gasteiger charge is 2.31. The minimum absolute atomic E-state index is 0.359. The van der Waals surface area contributed by atoms with Gasteiger partial charge in [0.2, 0.25) is 0 Å². The van der Waals surface area contributed by atoms with E-state index in [0.29, 0.717) is 12.0 Å². The maximum atomic E-state index is 8.82. The Kier molecular flexibility index (Phi) is 3.08. The van der Waals surface area contributed by atoms with Gasteiger partial charge in [0.15, 0.2) is 0 Å². The van der Waals surface area contributed by atoms with E-state index >= 15 is 0 Å². The molecule has 0 bridgehead atoms. The fourth-order valence-electron chi connectivity index (χ4n) is 3.05. The lowest BCUT2D eigenvalue weighted by molar-refractivity contribution is 0.236. The molecule has 0 aromatic carbocycles. The number of hydrogen-bond acceptors (Lipinski definition) is 2. The van der Waals surface area contributed by atoms with Crippen molar-refractivity contribution in [3.63, 3.8) is 0 Å². The molecule has 0 spiro atoms. The molecule has 2 aliphatic rings. The molecule has 2 atom stereocenters. The first kappa shape index (κ1) is 9.98. The van der Waals surface area contributed by atoms with E-state index in [2.05, 4.69) is 18.3 Å². The Hall–Kier alpha value is -0.550. The minimum Gasteiger partial charge on any atom is -0.314 e. The van der Waals surface area contributed by atoms with Crippen LogP contribution in [0, 0.1) is 29.1 Å².